The van der Waals surface area contributed by atoms with Gasteiger partial charge in [0.15, 0.2) is 11.0 Å². The zero-order chi connectivity index (χ0) is 17.6. The summed E-state index contributed by atoms with van der Waals surface area (Å²) in [6, 6.07) is 9.75. The minimum absolute atomic E-state index is 0.181. The van der Waals surface area contributed by atoms with Gasteiger partial charge >= 0.3 is 0 Å². The maximum atomic E-state index is 12.0. The van der Waals surface area contributed by atoms with E-state index >= 15 is 0 Å². The highest BCUT2D eigenvalue weighted by atomic mass is 32.2. The maximum Gasteiger partial charge on any atom is 0.237 e. The van der Waals surface area contributed by atoms with Crippen LogP contribution in [0.15, 0.2) is 47.9 Å². The van der Waals surface area contributed by atoms with Crippen LogP contribution in [0.4, 0.5) is 5.95 Å². The number of aromatic nitrogens is 5. The molecule has 25 heavy (non-hydrogen) atoms. The standard InChI is InChI=1S/C17H18N6OS/c1-3-23-15(13-8-5-4-7-12(13)2)21-22-17(23)25-11-14(24)20-16-18-9-6-10-19-16/h4-10H,3,11H2,1-2H3,(H,18,19,20,24). The van der Waals surface area contributed by atoms with E-state index in [1.165, 1.54) is 11.8 Å². The van der Waals surface area contributed by atoms with E-state index in [1.54, 1.807) is 18.5 Å². The van der Waals surface area contributed by atoms with Crippen molar-refractivity contribution in [2.75, 3.05) is 11.1 Å². The molecular formula is C17H18N6OS. The summed E-state index contributed by atoms with van der Waals surface area (Å²) in [5.41, 5.74) is 2.19. The van der Waals surface area contributed by atoms with Crippen LogP contribution in [0.1, 0.15) is 12.5 Å². The fourth-order valence-corrected chi connectivity index (χ4v) is 3.16. The SMILES string of the molecule is CCn1c(SCC(=O)Nc2ncccn2)nnc1-c1ccccc1C. The molecule has 128 valence electrons. The van der Waals surface area contributed by atoms with E-state index in [0.29, 0.717) is 11.1 Å². The highest BCUT2D eigenvalue weighted by molar-refractivity contribution is 7.99. The quantitative estimate of drug-likeness (QED) is 0.685. The van der Waals surface area contributed by atoms with E-state index in [4.69, 9.17) is 0 Å². The van der Waals surface area contributed by atoms with Crippen LogP contribution in [0.5, 0.6) is 0 Å². The van der Waals surface area contributed by atoms with Crippen molar-refractivity contribution in [1.82, 2.24) is 24.7 Å². The molecule has 7 nitrogen and oxygen atoms in total. The lowest BCUT2D eigenvalue weighted by Gasteiger charge is -2.09. The van der Waals surface area contributed by atoms with Gasteiger partial charge in [-0.2, -0.15) is 0 Å². The molecule has 3 rings (SSSR count). The molecule has 0 saturated heterocycles. The van der Waals surface area contributed by atoms with Gasteiger partial charge in [-0.3, -0.25) is 10.1 Å². The van der Waals surface area contributed by atoms with Gasteiger partial charge in [0.1, 0.15) is 0 Å². The third-order valence-corrected chi connectivity index (χ3v) is 4.54. The smallest absolute Gasteiger partial charge is 0.237 e. The first kappa shape index (κ1) is 17.1. The Morgan fingerprint density at radius 1 is 1.16 bits per heavy atom. The number of hydrogen-bond acceptors (Lipinski definition) is 6. The predicted molar refractivity (Wildman–Crippen MR) is 97.3 cm³/mol. The number of anilines is 1. The number of nitrogens with zero attached hydrogens (tertiary/aromatic N) is 5. The molecule has 2 heterocycles. The zero-order valence-corrected chi connectivity index (χ0v) is 14.8. The number of benzene rings is 1. The number of hydrogen-bond donors (Lipinski definition) is 1. The minimum Gasteiger partial charge on any atom is -0.302 e. The number of aryl methyl sites for hydroxylation is 1. The summed E-state index contributed by atoms with van der Waals surface area (Å²) in [7, 11) is 0. The largest absolute Gasteiger partial charge is 0.302 e. The monoisotopic (exact) mass is 354 g/mol. The van der Waals surface area contributed by atoms with Crippen molar-refractivity contribution in [1.29, 1.82) is 0 Å². The molecule has 1 aromatic carbocycles. The molecular weight excluding hydrogens is 336 g/mol. The van der Waals surface area contributed by atoms with E-state index in [2.05, 4.69) is 25.5 Å². The van der Waals surface area contributed by atoms with Crippen molar-refractivity contribution in [2.24, 2.45) is 0 Å². The molecule has 0 aliphatic rings. The van der Waals surface area contributed by atoms with E-state index in [1.807, 2.05) is 42.7 Å². The Balaban J connectivity index is 1.71. The Morgan fingerprint density at radius 2 is 1.92 bits per heavy atom. The molecule has 0 aliphatic heterocycles. The first-order chi connectivity index (χ1) is 12.2. The van der Waals surface area contributed by atoms with Crippen LogP contribution in [0.3, 0.4) is 0 Å². The average molecular weight is 354 g/mol. The van der Waals surface area contributed by atoms with Gasteiger partial charge in [-0.25, -0.2) is 9.97 Å². The van der Waals surface area contributed by atoms with Gasteiger partial charge in [0, 0.05) is 24.5 Å². The number of rotatable bonds is 6. The van der Waals surface area contributed by atoms with Crippen molar-refractivity contribution < 1.29 is 4.79 Å². The van der Waals surface area contributed by atoms with Gasteiger partial charge in [0.05, 0.1) is 5.75 Å². The maximum absolute atomic E-state index is 12.0. The zero-order valence-electron chi connectivity index (χ0n) is 14.0. The van der Waals surface area contributed by atoms with Gasteiger partial charge in [-0.1, -0.05) is 36.0 Å². The third kappa shape index (κ3) is 4.03. The van der Waals surface area contributed by atoms with Crippen LogP contribution in [0.2, 0.25) is 0 Å². The van der Waals surface area contributed by atoms with Crippen molar-refractivity contribution in [3.63, 3.8) is 0 Å². The Bertz CT molecular complexity index is 865. The molecule has 0 spiro atoms. The summed E-state index contributed by atoms with van der Waals surface area (Å²) < 4.78 is 2.01. The molecule has 0 saturated carbocycles. The first-order valence-electron chi connectivity index (χ1n) is 7.88. The Morgan fingerprint density at radius 3 is 2.64 bits per heavy atom. The van der Waals surface area contributed by atoms with Crippen LogP contribution < -0.4 is 5.32 Å². The summed E-state index contributed by atoms with van der Waals surface area (Å²) in [5, 5.41) is 11.9. The molecule has 0 fully saturated rings. The van der Waals surface area contributed by atoms with E-state index in [-0.39, 0.29) is 11.7 Å². The highest BCUT2D eigenvalue weighted by Gasteiger charge is 2.16. The summed E-state index contributed by atoms with van der Waals surface area (Å²) in [4.78, 5) is 20.0. The molecule has 0 atom stereocenters. The molecule has 8 heteroatoms. The second-order valence-corrected chi connectivity index (χ2v) is 6.22. The molecule has 1 N–H and O–H groups in total. The van der Waals surface area contributed by atoms with Crippen LogP contribution in [-0.4, -0.2) is 36.4 Å². The van der Waals surface area contributed by atoms with Crippen molar-refractivity contribution in [3.05, 3.63) is 48.3 Å². The van der Waals surface area contributed by atoms with Crippen molar-refractivity contribution in [3.8, 4) is 11.4 Å². The lowest BCUT2D eigenvalue weighted by atomic mass is 10.1. The highest BCUT2D eigenvalue weighted by Crippen LogP contribution is 2.26. The van der Waals surface area contributed by atoms with E-state index in [9.17, 15) is 4.79 Å². The number of nitrogens with one attached hydrogen (secondary N) is 1. The molecule has 0 aliphatic carbocycles. The van der Waals surface area contributed by atoms with Gasteiger partial charge in [-0.15, -0.1) is 10.2 Å². The van der Waals surface area contributed by atoms with Crippen LogP contribution >= 0.6 is 11.8 Å². The fourth-order valence-electron chi connectivity index (χ4n) is 2.36. The van der Waals surface area contributed by atoms with Crippen LogP contribution in [0.25, 0.3) is 11.4 Å². The summed E-state index contributed by atoms with van der Waals surface area (Å²) in [5.74, 6) is 1.14. The van der Waals surface area contributed by atoms with Gasteiger partial charge in [0.2, 0.25) is 11.9 Å². The van der Waals surface area contributed by atoms with Gasteiger partial charge in [0.25, 0.3) is 0 Å². The van der Waals surface area contributed by atoms with E-state index in [0.717, 1.165) is 23.5 Å². The third-order valence-electron chi connectivity index (χ3n) is 3.57. The number of carbonyl (C=O) groups excluding carboxylic acids is 1. The number of carbonyl (C=O) groups is 1. The normalized spacial score (nSPS) is 10.6. The lowest BCUT2D eigenvalue weighted by molar-refractivity contribution is -0.113. The van der Waals surface area contributed by atoms with Crippen molar-refractivity contribution in [2.45, 2.75) is 25.5 Å². The topological polar surface area (TPSA) is 85.6 Å². The first-order valence-corrected chi connectivity index (χ1v) is 8.86. The molecule has 3 aromatic rings. The van der Waals surface area contributed by atoms with Gasteiger partial charge in [-0.05, 0) is 25.5 Å². The minimum atomic E-state index is -0.181. The van der Waals surface area contributed by atoms with Crippen LogP contribution in [-0.2, 0) is 11.3 Å². The number of amides is 1. The summed E-state index contributed by atoms with van der Waals surface area (Å²) in [6.45, 7) is 4.81. The number of thioether (sulfide) groups is 1. The van der Waals surface area contributed by atoms with E-state index < -0.39 is 0 Å². The Kier molecular flexibility index (Phi) is 5.39. The summed E-state index contributed by atoms with van der Waals surface area (Å²) >= 11 is 1.34. The second-order valence-electron chi connectivity index (χ2n) is 5.27. The van der Waals surface area contributed by atoms with Gasteiger partial charge < -0.3 is 4.57 Å². The lowest BCUT2D eigenvalue weighted by Crippen LogP contribution is -2.16. The Hall–Kier alpha value is -2.74. The second kappa shape index (κ2) is 7.89. The summed E-state index contributed by atoms with van der Waals surface area (Å²) in [6.07, 6.45) is 3.16. The molecule has 2 aromatic heterocycles. The van der Waals surface area contributed by atoms with Crippen molar-refractivity contribution >= 4 is 23.6 Å². The fraction of sp³-hybridized carbons (Fsp3) is 0.235. The molecule has 1 amide bonds. The molecule has 0 unspecified atom stereocenters. The molecule has 0 radical (unpaired) electrons. The average Bonchev–Trinajstić information content (AvgIpc) is 3.04. The predicted octanol–water partition coefficient (Wildman–Crippen LogP) is 2.79. The van der Waals surface area contributed by atoms with Crippen LogP contribution in [0, 0.1) is 6.92 Å². The molecule has 0 bridgehead atoms. The Labute approximate surface area is 149 Å².